The number of hydrogen-bond donors (Lipinski definition) is 0. The molecule has 4 rings (SSSR count). The number of piperidine rings is 1. The van der Waals surface area contributed by atoms with Crippen LogP contribution >= 0.6 is 0 Å². The van der Waals surface area contributed by atoms with Gasteiger partial charge in [0.05, 0.1) is 12.9 Å². The number of hydrogen-bond acceptors (Lipinski definition) is 4. The van der Waals surface area contributed by atoms with Crippen LogP contribution in [-0.4, -0.2) is 40.1 Å². The molecule has 1 fully saturated rings. The molecule has 154 valence electrons. The first kappa shape index (κ1) is 19.7. The van der Waals surface area contributed by atoms with Crippen LogP contribution in [-0.2, 0) is 22.5 Å². The topological polar surface area (TPSA) is 64.4 Å². The van der Waals surface area contributed by atoms with Crippen molar-refractivity contribution in [3.8, 4) is 0 Å². The Hall–Kier alpha value is -2.61. The number of likely N-dealkylation sites (tertiary alicyclic amines) is 1. The fourth-order valence-electron chi connectivity index (χ4n) is 4.07. The smallest absolute Gasteiger partial charge is 0.280 e. The highest BCUT2D eigenvalue weighted by Crippen LogP contribution is 2.30. The third-order valence-corrected chi connectivity index (χ3v) is 5.72. The molecular formula is C21H23F2N3O3. The Labute approximate surface area is 167 Å². The number of fused-ring (bicyclic) bond motifs is 1. The van der Waals surface area contributed by atoms with Crippen LogP contribution in [0.1, 0.15) is 42.2 Å². The van der Waals surface area contributed by atoms with Crippen LogP contribution in [0.3, 0.4) is 0 Å². The van der Waals surface area contributed by atoms with Crippen molar-refractivity contribution in [1.82, 2.24) is 14.5 Å². The van der Waals surface area contributed by atoms with Gasteiger partial charge < -0.3 is 9.64 Å². The molecule has 8 heteroatoms. The van der Waals surface area contributed by atoms with E-state index in [2.05, 4.69) is 4.98 Å². The summed E-state index contributed by atoms with van der Waals surface area (Å²) < 4.78 is 32.4. The Balaban J connectivity index is 1.37. The van der Waals surface area contributed by atoms with E-state index in [0.29, 0.717) is 26.2 Å². The largest absolute Gasteiger partial charge is 0.363 e. The molecule has 2 aromatic rings. The molecule has 2 aliphatic rings. The second-order valence-electron chi connectivity index (χ2n) is 7.57. The first-order valence-electron chi connectivity index (χ1n) is 9.85. The van der Waals surface area contributed by atoms with Gasteiger partial charge in [0, 0.05) is 25.7 Å². The second kappa shape index (κ2) is 8.41. The molecule has 29 heavy (non-hydrogen) atoms. The number of benzene rings is 1. The zero-order valence-electron chi connectivity index (χ0n) is 16.0. The molecule has 0 bridgehead atoms. The molecule has 0 radical (unpaired) electrons. The lowest BCUT2D eigenvalue weighted by Crippen LogP contribution is -2.43. The normalized spacial score (nSPS) is 20.0. The van der Waals surface area contributed by atoms with Crippen LogP contribution in [0.25, 0.3) is 0 Å². The van der Waals surface area contributed by atoms with E-state index in [0.717, 1.165) is 36.5 Å². The van der Waals surface area contributed by atoms with Crippen LogP contribution < -0.4 is 5.56 Å². The summed E-state index contributed by atoms with van der Waals surface area (Å²) in [5, 5.41) is 0. The minimum Gasteiger partial charge on any atom is -0.363 e. The van der Waals surface area contributed by atoms with E-state index in [-0.39, 0.29) is 11.8 Å². The zero-order chi connectivity index (χ0) is 20.4. The van der Waals surface area contributed by atoms with Crippen LogP contribution in [0, 0.1) is 5.92 Å². The molecule has 0 spiro atoms. The van der Waals surface area contributed by atoms with Gasteiger partial charge in [-0.1, -0.05) is 24.3 Å². The molecule has 1 unspecified atom stereocenters. The van der Waals surface area contributed by atoms with Gasteiger partial charge in [0.15, 0.2) is 6.10 Å². The summed E-state index contributed by atoms with van der Waals surface area (Å²) in [6, 6.07) is 8.77. The number of rotatable bonds is 4. The van der Waals surface area contributed by atoms with E-state index < -0.39 is 23.8 Å². The number of ether oxygens (including phenoxy) is 1. The fourth-order valence-corrected chi connectivity index (χ4v) is 4.07. The standard InChI is InChI=1S/C21H23F2N3O3/c22-20(23)17-11-18(27)26(13-24-17)12-14-5-8-25(9-6-14)21(28)19-16-4-2-1-3-15(16)7-10-29-19/h1-4,11,13-14,19-20H,5-10,12H2. The highest BCUT2D eigenvalue weighted by Gasteiger charge is 2.33. The van der Waals surface area contributed by atoms with Gasteiger partial charge in [-0.3, -0.25) is 14.2 Å². The monoisotopic (exact) mass is 403 g/mol. The molecule has 1 saturated heterocycles. The number of alkyl halides is 2. The van der Waals surface area contributed by atoms with Crippen molar-refractivity contribution < 1.29 is 18.3 Å². The van der Waals surface area contributed by atoms with Gasteiger partial charge in [0.1, 0.15) is 5.69 Å². The maximum Gasteiger partial charge on any atom is 0.280 e. The molecule has 0 saturated carbocycles. The third-order valence-electron chi connectivity index (χ3n) is 5.72. The predicted octanol–water partition coefficient (Wildman–Crippen LogP) is 2.73. The zero-order valence-corrected chi connectivity index (χ0v) is 16.0. The molecule has 1 amide bonds. The minimum atomic E-state index is -2.75. The highest BCUT2D eigenvalue weighted by atomic mass is 19.3. The summed E-state index contributed by atoms with van der Waals surface area (Å²) in [5.41, 5.74) is 1.13. The lowest BCUT2D eigenvalue weighted by Gasteiger charge is -2.35. The number of halogens is 2. The van der Waals surface area contributed by atoms with Gasteiger partial charge in [-0.2, -0.15) is 0 Å². The van der Waals surface area contributed by atoms with Crippen molar-refractivity contribution in [2.24, 2.45) is 5.92 Å². The summed E-state index contributed by atoms with van der Waals surface area (Å²) in [6.45, 7) is 2.13. The van der Waals surface area contributed by atoms with Crippen molar-refractivity contribution in [3.05, 3.63) is 63.8 Å². The van der Waals surface area contributed by atoms with E-state index in [1.165, 1.54) is 10.9 Å². The van der Waals surface area contributed by atoms with E-state index >= 15 is 0 Å². The fraction of sp³-hybridized carbons (Fsp3) is 0.476. The molecule has 1 aromatic heterocycles. The van der Waals surface area contributed by atoms with Gasteiger partial charge in [0.2, 0.25) is 0 Å². The third kappa shape index (κ3) is 4.22. The Bertz CT molecular complexity index is 939. The summed E-state index contributed by atoms with van der Waals surface area (Å²) in [5.74, 6) is 0.172. The van der Waals surface area contributed by atoms with E-state index in [4.69, 9.17) is 4.74 Å². The lowest BCUT2D eigenvalue weighted by molar-refractivity contribution is -0.146. The molecular weight excluding hydrogens is 380 g/mol. The van der Waals surface area contributed by atoms with Crippen LogP contribution in [0.4, 0.5) is 8.78 Å². The van der Waals surface area contributed by atoms with Gasteiger partial charge in [-0.05, 0) is 36.3 Å². The average molecular weight is 403 g/mol. The van der Waals surface area contributed by atoms with Gasteiger partial charge in [-0.15, -0.1) is 0 Å². The number of aromatic nitrogens is 2. The Kier molecular flexibility index (Phi) is 5.71. The molecule has 2 aliphatic heterocycles. The molecule has 1 atom stereocenters. The number of carbonyl (C=O) groups is 1. The number of carbonyl (C=O) groups excluding carboxylic acids is 1. The maximum atomic E-state index is 13.0. The highest BCUT2D eigenvalue weighted by molar-refractivity contribution is 5.83. The van der Waals surface area contributed by atoms with Crippen LogP contribution in [0.2, 0.25) is 0 Å². The number of nitrogens with zero attached hydrogens (tertiary/aromatic N) is 3. The maximum absolute atomic E-state index is 13.0. The summed E-state index contributed by atoms with van der Waals surface area (Å²) in [6.07, 6.45) is 0.180. The van der Waals surface area contributed by atoms with E-state index in [1.54, 1.807) is 0 Å². The molecule has 0 N–H and O–H groups in total. The Morgan fingerprint density at radius 1 is 1.24 bits per heavy atom. The van der Waals surface area contributed by atoms with Crippen molar-refractivity contribution in [2.75, 3.05) is 19.7 Å². The average Bonchev–Trinajstić information content (AvgIpc) is 2.74. The van der Waals surface area contributed by atoms with Crippen molar-refractivity contribution in [2.45, 2.75) is 38.3 Å². The van der Waals surface area contributed by atoms with Gasteiger partial charge in [-0.25, -0.2) is 13.8 Å². The van der Waals surface area contributed by atoms with Crippen molar-refractivity contribution >= 4 is 5.91 Å². The minimum absolute atomic E-state index is 0.0179. The lowest BCUT2D eigenvalue weighted by atomic mass is 9.94. The van der Waals surface area contributed by atoms with Crippen molar-refractivity contribution in [3.63, 3.8) is 0 Å². The number of amides is 1. The van der Waals surface area contributed by atoms with Gasteiger partial charge >= 0.3 is 0 Å². The van der Waals surface area contributed by atoms with Crippen LogP contribution in [0.15, 0.2) is 41.5 Å². The Morgan fingerprint density at radius 2 is 2.00 bits per heavy atom. The molecule has 1 aromatic carbocycles. The van der Waals surface area contributed by atoms with E-state index in [9.17, 15) is 18.4 Å². The Morgan fingerprint density at radius 3 is 2.72 bits per heavy atom. The summed E-state index contributed by atoms with van der Waals surface area (Å²) >= 11 is 0. The predicted molar refractivity (Wildman–Crippen MR) is 102 cm³/mol. The summed E-state index contributed by atoms with van der Waals surface area (Å²) in [7, 11) is 0. The molecule has 3 heterocycles. The van der Waals surface area contributed by atoms with Gasteiger partial charge in [0.25, 0.3) is 17.9 Å². The van der Waals surface area contributed by atoms with E-state index in [1.807, 2.05) is 29.2 Å². The summed E-state index contributed by atoms with van der Waals surface area (Å²) in [4.78, 5) is 30.5. The first-order chi connectivity index (χ1) is 14.0. The van der Waals surface area contributed by atoms with Crippen LogP contribution in [0.5, 0.6) is 0 Å². The molecule has 0 aliphatic carbocycles. The molecule has 6 nitrogen and oxygen atoms in total. The first-order valence-corrected chi connectivity index (χ1v) is 9.85. The van der Waals surface area contributed by atoms with Crippen molar-refractivity contribution in [1.29, 1.82) is 0 Å². The quantitative estimate of drug-likeness (QED) is 0.788. The second-order valence-corrected chi connectivity index (χ2v) is 7.57. The SMILES string of the molecule is O=C(C1OCCc2ccccc21)N1CCC(Cn2cnc(C(F)F)cc2=O)CC1.